The van der Waals surface area contributed by atoms with Gasteiger partial charge in [0.15, 0.2) is 0 Å². The summed E-state index contributed by atoms with van der Waals surface area (Å²) in [6.07, 6.45) is 1.67. The molecule has 0 radical (unpaired) electrons. The van der Waals surface area contributed by atoms with Crippen LogP contribution in [0.25, 0.3) is 0 Å². The number of hydrogen-bond acceptors (Lipinski definition) is 2. The summed E-state index contributed by atoms with van der Waals surface area (Å²) in [5, 5.41) is 13.8. The van der Waals surface area contributed by atoms with Gasteiger partial charge in [-0.05, 0) is 25.7 Å². The van der Waals surface area contributed by atoms with E-state index in [4.69, 9.17) is 5.11 Å². The van der Waals surface area contributed by atoms with Gasteiger partial charge in [-0.2, -0.15) is 0 Å². The number of aliphatic carboxylic acids is 1. The van der Waals surface area contributed by atoms with Crippen LogP contribution in [0.5, 0.6) is 0 Å². The highest BCUT2D eigenvalue weighted by Crippen LogP contribution is 2.08. The summed E-state index contributed by atoms with van der Waals surface area (Å²) in [7, 11) is 0. The van der Waals surface area contributed by atoms with Crippen molar-refractivity contribution < 1.29 is 14.7 Å². The van der Waals surface area contributed by atoms with Crippen LogP contribution in [0.4, 0.5) is 4.79 Å². The van der Waals surface area contributed by atoms with Gasteiger partial charge in [-0.25, -0.2) is 4.79 Å². The fourth-order valence-electron chi connectivity index (χ4n) is 1.17. The first-order valence-corrected chi connectivity index (χ1v) is 5.29. The molecule has 0 heterocycles. The molecule has 0 rings (SSSR count). The zero-order chi connectivity index (χ0) is 11.7. The Labute approximate surface area is 90.2 Å². The molecule has 1 unspecified atom stereocenters. The average Bonchev–Trinajstić information content (AvgIpc) is 2.15. The highest BCUT2D eigenvalue weighted by molar-refractivity contribution is 5.73. The maximum absolute atomic E-state index is 11.0. The molecule has 5 heteroatoms. The third-order valence-corrected chi connectivity index (χ3v) is 2.11. The standard InChI is InChI=1S/C10H20N2O3/c1-3-11-10(15)12-7-6-8(2)4-5-9(13)14/h8H,3-7H2,1-2H3,(H,13,14)(H2,11,12,15). The van der Waals surface area contributed by atoms with Crippen LogP contribution in [0.15, 0.2) is 0 Å². The third-order valence-electron chi connectivity index (χ3n) is 2.11. The van der Waals surface area contributed by atoms with Crippen LogP contribution in [0.2, 0.25) is 0 Å². The van der Waals surface area contributed by atoms with Crippen LogP contribution in [0, 0.1) is 5.92 Å². The van der Waals surface area contributed by atoms with Crippen molar-refractivity contribution in [1.29, 1.82) is 0 Å². The Morgan fingerprint density at radius 1 is 1.27 bits per heavy atom. The van der Waals surface area contributed by atoms with Crippen LogP contribution in [0.1, 0.15) is 33.1 Å². The number of carbonyl (C=O) groups excluding carboxylic acids is 1. The number of amides is 2. The predicted molar refractivity (Wildman–Crippen MR) is 57.7 cm³/mol. The fourth-order valence-corrected chi connectivity index (χ4v) is 1.17. The molecule has 0 aromatic heterocycles. The van der Waals surface area contributed by atoms with E-state index in [0.29, 0.717) is 25.4 Å². The zero-order valence-corrected chi connectivity index (χ0v) is 9.38. The van der Waals surface area contributed by atoms with Crippen molar-refractivity contribution in [3.63, 3.8) is 0 Å². The van der Waals surface area contributed by atoms with Gasteiger partial charge in [-0.15, -0.1) is 0 Å². The molecule has 5 nitrogen and oxygen atoms in total. The molecule has 0 bridgehead atoms. The van der Waals surface area contributed by atoms with E-state index in [9.17, 15) is 9.59 Å². The Morgan fingerprint density at radius 2 is 1.93 bits per heavy atom. The lowest BCUT2D eigenvalue weighted by Gasteiger charge is -2.10. The number of rotatable bonds is 7. The van der Waals surface area contributed by atoms with Crippen molar-refractivity contribution in [1.82, 2.24) is 10.6 Å². The van der Waals surface area contributed by atoms with Crippen molar-refractivity contribution in [2.24, 2.45) is 5.92 Å². The molecule has 1 atom stereocenters. The third kappa shape index (κ3) is 9.05. The quantitative estimate of drug-likeness (QED) is 0.598. The second-order valence-electron chi connectivity index (χ2n) is 3.61. The summed E-state index contributed by atoms with van der Waals surface area (Å²) < 4.78 is 0. The maximum Gasteiger partial charge on any atom is 0.314 e. The van der Waals surface area contributed by atoms with E-state index >= 15 is 0 Å². The number of hydrogen-bond donors (Lipinski definition) is 3. The summed E-state index contributed by atoms with van der Waals surface area (Å²) in [6, 6.07) is -0.164. The number of nitrogens with one attached hydrogen (secondary N) is 2. The van der Waals surface area contributed by atoms with E-state index in [1.807, 2.05) is 13.8 Å². The topological polar surface area (TPSA) is 78.4 Å². The SMILES string of the molecule is CCNC(=O)NCCC(C)CCC(=O)O. The summed E-state index contributed by atoms with van der Waals surface area (Å²) in [5.74, 6) is -0.443. The number of carboxylic acid groups (broad SMARTS) is 1. The minimum atomic E-state index is -0.765. The molecule has 0 aliphatic heterocycles. The van der Waals surface area contributed by atoms with Crippen molar-refractivity contribution in [2.45, 2.75) is 33.1 Å². The second-order valence-corrected chi connectivity index (χ2v) is 3.61. The largest absolute Gasteiger partial charge is 0.481 e. The average molecular weight is 216 g/mol. The Bertz CT molecular complexity index is 207. The maximum atomic E-state index is 11.0. The van der Waals surface area contributed by atoms with Gasteiger partial charge >= 0.3 is 12.0 Å². The summed E-state index contributed by atoms with van der Waals surface area (Å²) in [5.41, 5.74) is 0. The number of carbonyl (C=O) groups is 2. The first kappa shape index (κ1) is 13.7. The van der Waals surface area contributed by atoms with Crippen molar-refractivity contribution >= 4 is 12.0 Å². The first-order valence-electron chi connectivity index (χ1n) is 5.29. The van der Waals surface area contributed by atoms with Gasteiger partial charge in [-0.1, -0.05) is 6.92 Å². The van der Waals surface area contributed by atoms with E-state index in [1.165, 1.54) is 0 Å². The molecule has 0 saturated carbocycles. The smallest absolute Gasteiger partial charge is 0.314 e. The van der Waals surface area contributed by atoms with Crippen LogP contribution in [0.3, 0.4) is 0 Å². The minimum absolute atomic E-state index is 0.164. The van der Waals surface area contributed by atoms with Crippen molar-refractivity contribution in [3.05, 3.63) is 0 Å². The second kappa shape index (κ2) is 8.08. The van der Waals surface area contributed by atoms with Crippen LogP contribution < -0.4 is 10.6 Å². The molecule has 2 amide bonds. The normalized spacial score (nSPS) is 11.9. The fraction of sp³-hybridized carbons (Fsp3) is 0.800. The monoisotopic (exact) mass is 216 g/mol. The van der Waals surface area contributed by atoms with E-state index in [1.54, 1.807) is 0 Å². The van der Waals surface area contributed by atoms with E-state index in [-0.39, 0.29) is 12.5 Å². The van der Waals surface area contributed by atoms with Gasteiger partial charge in [0.05, 0.1) is 0 Å². The van der Waals surface area contributed by atoms with E-state index in [2.05, 4.69) is 10.6 Å². The summed E-state index contributed by atoms with van der Waals surface area (Å²) in [6.45, 7) is 5.05. The minimum Gasteiger partial charge on any atom is -0.481 e. The molecule has 88 valence electrons. The van der Waals surface area contributed by atoms with E-state index in [0.717, 1.165) is 6.42 Å². The molecule has 0 aromatic carbocycles. The molecular formula is C10H20N2O3. The highest BCUT2D eigenvalue weighted by Gasteiger charge is 2.05. The molecule has 0 saturated heterocycles. The van der Waals surface area contributed by atoms with Gasteiger partial charge < -0.3 is 15.7 Å². The lowest BCUT2D eigenvalue weighted by molar-refractivity contribution is -0.137. The molecule has 0 aliphatic carbocycles. The summed E-state index contributed by atoms with van der Waals surface area (Å²) in [4.78, 5) is 21.3. The zero-order valence-electron chi connectivity index (χ0n) is 9.38. The van der Waals surface area contributed by atoms with Crippen LogP contribution in [-0.4, -0.2) is 30.2 Å². The van der Waals surface area contributed by atoms with Gasteiger partial charge in [0, 0.05) is 19.5 Å². The highest BCUT2D eigenvalue weighted by atomic mass is 16.4. The van der Waals surface area contributed by atoms with Crippen LogP contribution >= 0.6 is 0 Å². The Balaban J connectivity index is 3.41. The predicted octanol–water partition coefficient (Wildman–Crippen LogP) is 1.20. The molecule has 0 aromatic rings. The first-order chi connectivity index (χ1) is 7.06. The number of urea groups is 1. The lowest BCUT2D eigenvalue weighted by Crippen LogP contribution is -2.36. The molecule has 3 N–H and O–H groups in total. The van der Waals surface area contributed by atoms with Gasteiger partial charge in [0.25, 0.3) is 0 Å². The van der Waals surface area contributed by atoms with Crippen molar-refractivity contribution in [3.8, 4) is 0 Å². The number of carboxylic acids is 1. The van der Waals surface area contributed by atoms with Gasteiger partial charge in [0.1, 0.15) is 0 Å². The molecule has 0 spiro atoms. The summed E-state index contributed by atoms with van der Waals surface area (Å²) >= 11 is 0. The molecular weight excluding hydrogens is 196 g/mol. The van der Waals surface area contributed by atoms with Gasteiger partial charge in [0.2, 0.25) is 0 Å². The Kier molecular flexibility index (Phi) is 7.40. The molecule has 15 heavy (non-hydrogen) atoms. The van der Waals surface area contributed by atoms with Gasteiger partial charge in [-0.3, -0.25) is 4.79 Å². The van der Waals surface area contributed by atoms with Crippen molar-refractivity contribution in [2.75, 3.05) is 13.1 Å². The van der Waals surface area contributed by atoms with E-state index < -0.39 is 5.97 Å². The lowest BCUT2D eigenvalue weighted by atomic mass is 10.0. The van der Waals surface area contributed by atoms with Crippen LogP contribution in [-0.2, 0) is 4.79 Å². The Hall–Kier alpha value is -1.26. The molecule has 0 fully saturated rings. The molecule has 0 aliphatic rings. The Morgan fingerprint density at radius 3 is 2.47 bits per heavy atom.